The van der Waals surface area contributed by atoms with Gasteiger partial charge in [-0.25, -0.2) is 12.7 Å². The van der Waals surface area contributed by atoms with Crippen LogP contribution in [0.4, 0.5) is 0 Å². The molecule has 1 aromatic carbocycles. The van der Waals surface area contributed by atoms with Crippen molar-refractivity contribution in [2.24, 2.45) is 7.05 Å². The SMILES string of the molecule is CN(C)S(=O)(=O)c1ccc(C(=O)NCc2nc(-c3cccn3C)no2)cc1. The fraction of sp³-hybridized carbons (Fsp3) is 0.235. The molecule has 3 rings (SSSR count). The summed E-state index contributed by atoms with van der Waals surface area (Å²) in [6.07, 6.45) is 1.87. The van der Waals surface area contributed by atoms with Gasteiger partial charge in [-0.2, -0.15) is 4.98 Å². The van der Waals surface area contributed by atoms with Crippen LogP contribution in [0.15, 0.2) is 52.0 Å². The molecule has 0 radical (unpaired) electrons. The minimum atomic E-state index is -3.53. The van der Waals surface area contributed by atoms with Crippen LogP contribution in [-0.2, 0) is 23.6 Å². The third-order valence-electron chi connectivity index (χ3n) is 3.94. The molecule has 0 aliphatic heterocycles. The van der Waals surface area contributed by atoms with Gasteiger partial charge in [0, 0.05) is 32.9 Å². The molecule has 0 fully saturated rings. The number of nitrogens with one attached hydrogen (secondary N) is 1. The van der Waals surface area contributed by atoms with Gasteiger partial charge in [0.2, 0.25) is 21.7 Å². The first-order valence-electron chi connectivity index (χ1n) is 8.04. The van der Waals surface area contributed by atoms with Gasteiger partial charge in [0.25, 0.3) is 5.91 Å². The van der Waals surface area contributed by atoms with E-state index in [-0.39, 0.29) is 23.2 Å². The first-order chi connectivity index (χ1) is 12.8. The van der Waals surface area contributed by atoms with Crippen LogP contribution >= 0.6 is 0 Å². The van der Waals surface area contributed by atoms with E-state index >= 15 is 0 Å². The Balaban J connectivity index is 1.65. The molecule has 3 aromatic rings. The molecule has 142 valence electrons. The van der Waals surface area contributed by atoms with E-state index < -0.39 is 10.0 Å². The van der Waals surface area contributed by atoms with E-state index in [4.69, 9.17) is 4.52 Å². The number of nitrogens with zero attached hydrogens (tertiary/aromatic N) is 4. The quantitative estimate of drug-likeness (QED) is 0.679. The van der Waals surface area contributed by atoms with E-state index in [1.807, 2.05) is 29.9 Å². The van der Waals surface area contributed by atoms with Gasteiger partial charge in [-0.3, -0.25) is 4.79 Å². The molecule has 9 nitrogen and oxygen atoms in total. The second kappa shape index (κ2) is 7.33. The second-order valence-electron chi connectivity index (χ2n) is 6.01. The molecule has 0 bridgehead atoms. The maximum absolute atomic E-state index is 12.2. The summed E-state index contributed by atoms with van der Waals surface area (Å²) in [6.45, 7) is 0.0635. The molecule has 0 spiro atoms. The van der Waals surface area contributed by atoms with Gasteiger partial charge in [-0.1, -0.05) is 5.16 Å². The minimum absolute atomic E-state index is 0.0635. The minimum Gasteiger partial charge on any atom is -0.348 e. The summed E-state index contributed by atoms with van der Waals surface area (Å²) in [6, 6.07) is 9.42. The van der Waals surface area contributed by atoms with Crippen molar-refractivity contribution >= 4 is 15.9 Å². The first kappa shape index (κ1) is 18.8. The summed E-state index contributed by atoms with van der Waals surface area (Å²) in [5.74, 6) is 0.332. The zero-order valence-electron chi connectivity index (χ0n) is 15.1. The number of carbonyl (C=O) groups is 1. The number of amides is 1. The molecule has 0 atom stereocenters. The molecule has 0 aliphatic carbocycles. The van der Waals surface area contributed by atoms with Crippen LogP contribution in [-0.4, -0.2) is 47.4 Å². The van der Waals surface area contributed by atoms with Gasteiger partial charge in [-0.15, -0.1) is 0 Å². The van der Waals surface area contributed by atoms with Crippen molar-refractivity contribution in [3.63, 3.8) is 0 Å². The lowest BCUT2D eigenvalue weighted by Crippen LogP contribution is -2.24. The van der Waals surface area contributed by atoms with E-state index in [1.165, 1.54) is 38.4 Å². The number of aryl methyl sites for hydroxylation is 1. The molecule has 2 aromatic heterocycles. The summed E-state index contributed by atoms with van der Waals surface area (Å²) in [7, 11) is 1.23. The van der Waals surface area contributed by atoms with Crippen molar-refractivity contribution in [2.75, 3.05) is 14.1 Å². The lowest BCUT2D eigenvalue weighted by Gasteiger charge is -2.11. The standard InChI is InChI=1S/C17H19N5O4S/c1-21(2)27(24,25)13-8-6-12(7-9-13)17(23)18-11-15-19-16(20-26-15)14-5-4-10-22(14)3/h4-10H,11H2,1-3H3,(H,18,23). The van der Waals surface area contributed by atoms with E-state index in [0.29, 0.717) is 11.4 Å². The van der Waals surface area contributed by atoms with Crippen LogP contribution in [0.5, 0.6) is 0 Å². The molecule has 0 saturated heterocycles. The number of rotatable bonds is 6. The highest BCUT2D eigenvalue weighted by molar-refractivity contribution is 7.89. The Morgan fingerprint density at radius 3 is 2.52 bits per heavy atom. The average Bonchev–Trinajstić information content (AvgIpc) is 3.28. The third-order valence-corrected chi connectivity index (χ3v) is 5.77. The third kappa shape index (κ3) is 3.91. The van der Waals surface area contributed by atoms with Crippen molar-refractivity contribution in [3.8, 4) is 11.5 Å². The van der Waals surface area contributed by atoms with Gasteiger partial charge in [0.05, 0.1) is 17.1 Å². The normalized spacial score (nSPS) is 11.7. The van der Waals surface area contributed by atoms with Crippen LogP contribution in [0.2, 0.25) is 0 Å². The molecule has 27 heavy (non-hydrogen) atoms. The topological polar surface area (TPSA) is 110 Å². The molecule has 1 N–H and O–H groups in total. The predicted molar refractivity (Wildman–Crippen MR) is 97.2 cm³/mol. The molecule has 10 heteroatoms. The summed E-state index contributed by atoms with van der Waals surface area (Å²) < 4.78 is 32.2. The first-order valence-corrected chi connectivity index (χ1v) is 9.48. The molecule has 0 unspecified atom stereocenters. The van der Waals surface area contributed by atoms with Crippen molar-refractivity contribution in [1.29, 1.82) is 0 Å². The highest BCUT2D eigenvalue weighted by Gasteiger charge is 2.18. The summed E-state index contributed by atoms with van der Waals surface area (Å²) in [4.78, 5) is 16.6. The monoisotopic (exact) mass is 389 g/mol. The van der Waals surface area contributed by atoms with Gasteiger partial charge in [0.15, 0.2) is 0 Å². The molecular weight excluding hydrogens is 370 g/mol. The molecule has 0 saturated carbocycles. The predicted octanol–water partition coefficient (Wildman–Crippen LogP) is 1.26. The van der Waals surface area contributed by atoms with Gasteiger partial charge in [-0.05, 0) is 36.4 Å². The molecule has 1 amide bonds. The number of aromatic nitrogens is 3. The van der Waals surface area contributed by atoms with Crippen molar-refractivity contribution in [1.82, 2.24) is 24.3 Å². The Morgan fingerprint density at radius 2 is 1.93 bits per heavy atom. The summed E-state index contributed by atoms with van der Waals surface area (Å²) in [5.41, 5.74) is 1.13. The second-order valence-corrected chi connectivity index (χ2v) is 8.16. The molecule has 0 aliphatic rings. The van der Waals surface area contributed by atoms with Gasteiger partial charge in [0.1, 0.15) is 0 Å². The largest absolute Gasteiger partial charge is 0.348 e. The zero-order chi connectivity index (χ0) is 19.6. The van der Waals surface area contributed by atoms with Crippen LogP contribution in [0.1, 0.15) is 16.2 Å². The van der Waals surface area contributed by atoms with Crippen molar-refractivity contribution in [2.45, 2.75) is 11.4 Å². The number of hydrogen-bond acceptors (Lipinski definition) is 6. The van der Waals surface area contributed by atoms with Gasteiger partial charge >= 0.3 is 0 Å². The van der Waals surface area contributed by atoms with E-state index in [0.717, 1.165) is 10.00 Å². The fourth-order valence-electron chi connectivity index (χ4n) is 2.37. The Hall–Kier alpha value is -2.98. The van der Waals surface area contributed by atoms with E-state index in [2.05, 4.69) is 15.5 Å². The highest BCUT2D eigenvalue weighted by atomic mass is 32.2. The number of benzene rings is 1. The average molecular weight is 389 g/mol. The van der Waals surface area contributed by atoms with Crippen LogP contribution < -0.4 is 5.32 Å². The van der Waals surface area contributed by atoms with Crippen molar-refractivity contribution < 1.29 is 17.7 Å². The Labute approximate surface area is 156 Å². The lowest BCUT2D eigenvalue weighted by molar-refractivity contribution is 0.0946. The zero-order valence-corrected chi connectivity index (χ0v) is 15.9. The highest BCUT2D eigenvalue weighted by Crippen LogP contribution is 2.16. The summed E-state index contributed by atoms with van der Waals surface area (Å²) >= 11 is 0. The summed E-state index contributed by atoms with van der Waals surface area (Å²) in [5, 5.41) is 6.56. The fourth-order valence-corrected chi connectivity index (χ4v) is 3.27. The van der Waals surface area contributed by atoms with Crippen LogP contribution in [0.25, 0.3) is 11.5 Å². The Morgan fingerprint density at radius 1 is 1.22 bits per heavy atom. The maximum atomic E-state index is 12.2. The van der Waals surface area contributed by atoms with Crippen LogP contribution in [0.3, 0.4) is 0 Å². The molecular formula is C17H19N5O4S. The Bertz CT molecular complexity index is 1050. The van der Waals surface area contributed by atoms with Crippen LogP contribution in [0, 0.1) is 0 Å². The number of hydrogen-bond donors (Lipinski definition) is 1. The smallest absolute Gasteiger partial charge is 0.251 e. The lowest BCUT2D eigenvalue weighted by atomic mass is 10.2. The maximum Gasteiger partial charge on any atom is 0.251 e. The molecule has 2 heterocycles. The number of carbonyl (C=O) groups excluding carboxylic acids is 1. The van der Waals surface area contributed by atoms with Gasteiger partial charge < -0.3 is 14.4 Å². The van der Waals surface area contributed by atoms with E-state index in [1.54, 1.807) is 0 Å². The van der Waals surface area contributed by atoms with E-state index in [9.17, 15) is 13.2 Å². The number of sulfonamides is 1. The Kier molecular flexibility index (Phi) is 5.10. The van der Waals surface area contributed by atoms with Crippen molar-refractivity contribution in [3.05, 3.63) is 54.0 Å².